The summed E-state index contributed by atoms with van der Waals surface area (Å²) in [5.41, 5.74) is 0. The van der Waals surface area contributed by atoms with E-state index < -0.39 is 0 Å². The van der Waals surface area contributed by atoms with Gasteiger partial charge in [0.15, 0.2) is 5.82 Å². The topological polar surface area (TPSA) is 93.5 Å². The van der Waals surface area contributed by atoms with Crippen LogP contribution in [0.5, 0.6) is 0 Å². The van der Waals surface area contributed by atoms with E-state index in [0.29, 0.717) is 32.1 Å². The van der Waals surface area contributed by atoms with Crippen molar-refractivity contribution in [1.82, 2.24) is 30.0 Å². The first-order valence-corrected chi connectivity index (χ1v) is 9.09. The van der Waals surface area contributed by atoms with Crippen LogP contribution in [0.1, 0.15) is 38.4 Å². The lowest BCUT2D eigenvalue weighted by molar-refractivity contribution is -0.151. The van der Waals surface area contributed by atoms with Crippen molar-refractivity contribution in [2.24, 2.45) is 5.92 Å². The van der Waals surface area contributed by atoms with E-state index in [4.69, 9.17) is 4.74 Å². The zero-order valence-electron chi connectivity index (χ0n) is 14.8. The summed E-state index contributed by atoms with van der Waals surface area (Å²) in [4.78, 5) is 28.6. The number of piperidine rings is 1. The van der Waals surface area contributed by atoms with Gasteiger partial charge in [0.1, 0.15) is 6.54 Å². The van der Waals surface area contributed by atoms with Gasteiger partial charge in [-0.1, -0.05) is 0 Å². The second kappa shape index (κ2) is 8.37. The molecule has 0 spiro atoms. The maximum absolute atomic E-state index is 12.6. The first kappa shape index (κ1) is 17.8. The molecule has 0 saturated carbocycles. The normalized spacial score (nSPS) is 21.5. The van der Waals surface area contributed by atoms with Crippen LogP contribution < -0.4 is 0 Å². The number of rotatable bonds is 6. The van der Waals surface area contributed by atoms with Gasteiger partial charge in [0.05, 0.1) is 19.1 Å². The number of esters is 1. The first-order chi connectivity index (χ1) is 12.2. The molecule has 25 heavy (non-hydrogen) atoms. The molecule has 1 amide bonds. The van der Waals surface area contributed by atoms with Crippen molar-refractivity contribution in [3.63, 3.8) is 0 Å². The highest BCUT2D eigenvalue weighted by Gasteiger charge is 2.30. The molecule has 0 N–H and O–H groups in total. The summed E-state index contributed by atoms with van der Waals surface area (Å²) in [6.07, 6.45) is 3.98. The summed E-state index contributed by atoms with van der Waals surface area (Å²) < 4.78 is 6.67. The standard InChI is InChI=1S/C16H26N6O3/c1-2-25-16(24)13-6-5-9-21(10-13)15(23)12-22-14(17-18-19-22)11-20-7-3-4-8-20/h13H,2-12H2,1H3/t13-/m1/s1. The fraction of sp³-hybridized carbons (Fsp3) is 0.812. The Kier molecular flexibility index (Phi) is 5.95. The summed E-state index contributed by atoms with van der Waals surface area (Å²) in [6, 6.07) is 0. The third-order valence-corrected chi connectivity index (χ3v) is 4.85. The Morgan fingerprint density at radius 2 is 2.00 bits per heavy atom. The second-order valence-corrected chi connectivity index (χ2v) is 6.67. The van der Waals surface area contributed by atoms with Crippen molar-refractivity contribution in [2.75, 3.05) is 32.8 Å². The molecular weight excluding hydrogens is 324 g/mol. The molecule has 1 aromatic heterocycles. The number of nitrogens with zero attached hydrogens (tertiary/aromatic N) is 6. The molecule has 1 aromatic rings. The van der Waals surface area contributed by atoms with Gasteiger partial charge in [-0.15, -0.1) is 5.10 Å². The lowest BCUT2D eigenvalue weighted by Gasteiger charge is -2.31. The maximum atomic E-state index is 12.6. The highest BCUT2D eigenvalue weighted by atomic mass is 16.5. The highest BCUT2D eigenvalue weighted by Crippen LogP contribution is 2.18. The maximum Gasteiger partial charge on any atom is 0.310 e. The van der Waals surface area contributed by atoms with Crippen LogP contribution in [0, 0.1) is 5.92 Å². The van der Waals surface area contributed by atoms with Crippen LogP contribution in [-0.4, -0.2) is 74.7 Å². The minimum absolute atomic E-state index is 0.0519. The minimum Gasteiger partial charge on any atom is -0.466 e. The number of amides is 1. The number of hydrogen-bond donors (Lipinski definition) is 0. The summed E-state index contributed by atoms with van der Waals surface area (Å²) in [7, 11) is 0. The molecule has 1 atom stereocenters. The molecule has 9 nitrogen and oxygen atoms in total. The van der Waals surface area contributed by atoms with E-state index in [1.807, 2.05) is 0 Å². The zero-order chi connectivity index (χ0) is 17.6. The molecule has 2 aliphatic heterocycles. The average molecular weight is 350 g/mol. The molecule has 0 bridgehead atoms. The quantitative estimate of drug-likeness (QED) is 0.670. The molecule has 3 heterocycles. The summed E-state index contributed by atoms with van der Waals surface area (Å²) in [6.45, 7) is 6.14. The number of carbonyl (C=O) groups is 2. The van der Waals surface area contributed by atoms with E-state index >= 15 is 0 Å². The number of hydrogen-bond acceptors (Lipinski definition) is 7. The molecule has 2 aliphatic rings. The van der Waals surface area contributed by atoms with E-state index in [2.05, 4.69) is 20.4 Å². The largest absolute Gasteiger partial charge is 0.466 e. The Bertz CT molecular complexity index is 598. The van der Waals surface area contributed by atoms with E-state index in [-0.39, 0.29) is 24.3 Å². The molecule has 0 radical (unpaired) electrons. The highest BCUT2D eigenvalue weighted by molar-refractivity contribution is 5.78. The fourth-order valence-corrected chi connectivity index (χ4v) is 3.48. The summed E-state index contributed by atoms with van der Waals surface area (Å²) >= 11 is 0. The second-order valence-electron chi connectivity index (χ2n) is 6.67. The molecule has 0 aromatic carbocycles. The Balaban J connectivity index is 1.56. The molecule has 138 valence electrons. The molecule has 0 aliphatic carbocycles. The van der Waals surface area contributed by atoms with Crippen LogP contribution in [0.4, 0.5) is 0 Å². The van der Waals surface area contributed by atoms with Crippen LogP contribution in [0.2, 0.25) is 0 Å². The van der Waals surface area contributed by atoms with Gasteiger partial charge in [-0.2, -0.15) is 0 Å². The van der Waals surface area contributed by atoms with Crippen molar-refractivity contribution in [1.29, 1.82) is 0 Å². The van der Waals surface area contributed by atoms with Crippen LogP contribution in [0.3, 0.4) is 0 Å². The zero-order valence-corrected chi connectivity index (χ0v) is 14.8. The number of likely N-dealkylation sites (tertiary alicyclic amines) is 2. The van der Waals surface area contributed by atoms with Gasteiger partial charge >= 0.3 is 5.97 Å². The molecule has 2 saturated heterocycles. The smallest absolute Gasteiger partial charge is 0.310 e. The van der Waals surface area contributed by atoms with Crippen LogP contribution >= 0.6 is 0 Å². The van der Waals surface area contributed by atoms with Crippen molar-refractivity contribution in [3.8, 4) is 0 Å². The van der Waals surface area contributed by atoms with Gasteiger partial charge in [-0.3, -0.25) is 14.5 Å². The molecule has 0 unspecified atom stereocenters. The number of ether oxygens (including phenoxy) is 1. The van der Waals surface area contributed by atoms with Crippen molar-refractivity contribution < 1.29 is 14.3 Å². The predicted octanol–water partition coefficient (Wildman–Crippen LogP) is 0.0706. The van der Waals surface area contributed by atoms with Crippen LogP contribution in [0.25, 0.3) is 0 Å². The Morgan fingerprint density at radius 3 is 2.76 bits per heavy atom. The Hall–Kier alpha value is -2.03. The van der Waals surface area contributed by atoms with E-state index in [1.165, 1.54) is 12.8 Å². The average Bonchev–Trinajstić information content (AvgIpc) is 3.28. The first-order valence-electron chi connectivity index (χ1n) is 9.09. The van der Waals surface area contributed by atoms with Crippen molar-refractivity contribution >= 4 is 11.9 Å². The van der Waals surface area contributed by atoms with Gasteiger partial charge in [0.2, 0.25) is 5.91 Å². The van der Waals surface area contributed by atoms with Crippen molar-refractivity contribution in [3.05, 3.63) is 5.82 Å². The predicted molar refractivity (Wildman–Crippen MR) is 88.3 cm³/mol. The minimum atomic E-state index is -0.226. The van der Waals surface area contributed by atoms with Gasteiger partial charge in [-0.05, 0) is 56.1 Å². The Labute approximate surface area is 147 Å². The van der Waals surface area contributed by atoms with Gasteiger partial charge in [0.25, 0.3) is 0 Å². The number of tetrazole rings is 1. The third-order valence-electron chi connectivity index (χ3n) is 4.85. The van der Waals surface area contributed by atoms with E-state index in [1.54, 1.807) is 16.5 Å². The third kappa shape index (κ3) is 4.53. The SMILES string of the molecule is CCOC(=O)[C@@H]1CCCN(C(=O)Cn2nnnc2CN2CCCC2)C1. The van der Waals surface area contributed by atoms with Gasteiger partial charge in [-0.25, -0.2) is 4.68 Å². The van der Waals surface area contributed by atoms with E-state index in [0.717, 1.165) is 25.9 Å². The number of carbonyl (C=O) groups excluding carboxylic acids is 2. The lowest BCUT2D eigenvalue weighted by atomic mass is 9.98. The fourth-order valence-electron chi connectivity index (χ4n) is 3.48. The Morgan fingerprint density at radius 1 is 1.20 bits per heavy atom. The van der Waals surface area contributed by atoms with E-state index in [9.17, 15) is 9.59 Å². The molecule has 3 rings (SSSR count). The molecular formula is C16H26N6O3. The van der Waals surface area contributed by atoms with Crippen LogP contribution in [-0.2, 0) is 27.4 Å². The summed E-state index contributed by atoms with van der Waals surface area (Å²) in [5, 5.41) is 11.7. The molecule has 2 fully saturated rings. The molecule has 9 heteroatoms. The summed E-state index contributed by atoms with van der Waals surface area (Å²) in [5.74, 6) is 0.228. The van der Waals surface area contributed by atoms with Gasteiger partial charge in [0, 0.05) is 13.1 Å². The van der Waals surface area contributed by atoms with Gasteiger partial charge < -0.3 is 9.64 Å². The van der Waals surface area contributed by atoms with Crippen molar-refractivity contribution in [2.45, 2.75) is 45.7 Å². The monoisotopic (exact) mass is 350 g/mol. The van der Waals surface area contributed by atoms with Crippen LogP contribution in [0.15, 0.2) is 0 Å². The number of aromatic nitrogens is 4. The lowest BCUT2D eigenvalue weighted by Crippen LogP contribution is -2.44.